The van der Waals surface area contributed by atoms with E-state index in [1.165, 1.54) is 11.5 Å². The van der Waals surface area contributed by atoms with Crippen molar-refractivity contribution in [1.82, 2.24) is 4.37 Å². The van der Waals surface area contributed by atoms with Gasteiger partial charge < -0.3 is 15.8 Å². The quantitative estimate of drug-likeness (QED) is 0.793. The zero-order chi connectivity index (χ0) is 11.3. The van der Waals surface area contributed by atoms with E-state index in [0.717, 1.165) is 0 Å². The Kier molecular flexibility index (Phi) is 4.34. The van der Waals surface area contributed by atoms with Crippen LogP contribution in [0.3, 0.4) is 0 Å². The highest BCUT2D eigenvalue weighted by Gasteiger charge is 2.12. The predicted octanol–water partition coefficient (Wildman–Crippen LogP) is 1.43. The van der Waals surface area contributed by atoms with Crippen molar-refractivity contribution in [3.05, 3.63) is 5.56 Å². The molecular formula is C9H14N4OS. The molecule has 3 N–H and O–H groups in total. The minimum Gasteiger partial charge on any atom is -0.382 e. The SMILES string of the molecule is CCOCC(C)Nc1snc(N)c1C#N. The van der Waals surface area contributed by atoms with E-state index in [2.05, 4.69) is 9.69 Å². The van der Waals surface area contributed by atoms with E-state index in [1.807, 2.05) is 19.9 Å². The number of nitrogens with one attached hydrogen (secondary N) is 1. The van der Waals surface area contributed by atoms with Gasteiger partial charge in [0.05, 0.1) is 6.61 Å². The van der Waals surface area contributed by atoms with E-state index >= 15 is 0 Å². The maximum atomic E-state index is 8.84. The molecule has 0 saturated heterocycles. The predicted molar refractivity (Wildman–Crippen MR) is 60.8 cm³/mol. The van der Waals surface area contributed by atoms with Gasteiger partial charge in [0.15, 0.2) is 5.82 Å². The number of aromatic nitrogens is 1. The van der Waals surface area contributed by atoms with Crippen LogP contribution in [-0.4, -0.2) is 23.6 Å². The fourth-order valence-corrected chi connectivity index (χ4v) is 1.85. The maximum Gasteiger partial charge on any atom is 0.157 e. The fraction of sp³-hybridized carbons (Fsp3) is 0.556. The molecule has 82 valence electrons. The van der Waals surface area contributed by atoms with Gasteiger partial charge in [-0.25, -0.2) is 0 Å². The second-order valence-corrected chi connectivity index (χ2v) is 3.86. The highest BCUT2D eigenvalue weighted by Crippen LogP contribution is 2.26. The number of hydrogen-bond donors (Lipinski definition) is 2. The van der Waals surface area contributed by atoms with Crippen molar-refractivity contribution in [2.24, 2.45) is 0 Å². The van der Waals surface area contributed by atoms with Crippen molar-refractivity contribution in [1.29, 1.82) is 5.26 Å². The molecule has 1 aromatic heterocycles. The summed E-state index contributed by atoms with van der Waals surface area (Å²) in [6.45, 7) is 5.20. The topological polar surface area (TPSA) is 84.0 Å². The number of hydrogen-bond acceptors (Lipinski definition) is 6. The Balaban J connectivity index is 2.61. The van der Waals surface area contributed by atoms with Crippen molar-refractivity contribution < 1.29 is 4.74 Å². The molecule has 0 fully saturated rings. The number of anilines is 2. The average Bonchev–Trinajstić information content (AvgIpc) is 2.56. The van der Waals surface area contributed by atoms with Crippen LogP contribution in [-0.2, 0) is 4.74 Å². The lowest BCUT2D eigenvalue weighted by Gasteiger charge is -2.12. The number of nitriles is 1. The van der Waals surface area contributed by atoms with Crippen LogP contribution in [0.2, 0.25) is 0 Å². The monoisotopic (exact) mass is 226 g/mol. The summed E-state index contributed by atoms with van der Waals surface area (Å²) in [5.41, 5.74) is 5.95. The van der Waals surface area contributed by atoms with Gasteiger partial charge in [-0.2, -0.15) is 9.64 Å². The highest BCUT2D eigenvalue weighted by molar-refractivity contribution is 7.10. The molecule has 1 aromatic rings. The van der Waals surface area contributed by atoms with Gasteiger partial charge in [0.1, 0.15) is 16.6 Å². The molecule has 0 radical (unpaired) electrons. The molecule has 1 unspecified atom stereocenters. The first kappa shape index (κ1) is 11.8. The molecule has 15 heavy (non-hydrogen) atoms. The van der Waals surface area contributed by atoms with E-state index in [1.54, 1.807) is 0 Å². The zero-order valence-corrected chi connectivity index (χ0v) is 9.60. The highest BCUT2D eigenvalue weighted by atomic mass is 32.1. The van der Waals surface area contributed by atoms with Crippen LogP contribution in [0, 0.1) is 11.3 Å². The minimum atomic E-state index is 0.136. The van der Waals surface area contributed by atoms with E-state index in [0.29, 0.717) is 23.8 Å². The summed E-state index contributed by atoms with van der Waals surface area (Å²) in [4.78, 5) is 0. The summed E-state index contributed by atoms with van der Waals surface area (Å²) in [7, 11) is 0. The number of nitrogen functional groups attached to an aromatic ring is 1. The largest absolute Gasteiger partial charge is 0.382 e. The van der Waals surface area contributed by atoms with Gasteiger partial charge >= 0.3 is 0 Å². The Morgan fingerprint density at radius 1 is 1.73 bits per heavy atom. The molecule has 6 heteroatoms. The van der Waals surface area contributed by atoms with Crippen LogP contribution in [0.15, 0.2) is 0 Å². The lowest BCUT2D eigenvalue weighted by atomic mass is 10.3. The molecule has 1 heterocycles. The summed E-state index contributed by atoms with van der Waals surface area (Å²) < 4.78 is 9.17. The number of rotatable bonds is 5. The van der Waals surface area contributed by atoms with Gasteiger partial charge in [0.25, 0.3) is 0 Å². The third-order valence-electron chi connectivity index (χ3n) is 1.78. The van der Waals surface area contributed by atoms with E-state index < -0.39 is 0 Å². The van der Waals surface area contributed by atoms with Crippen LogP contribution >= 0.6 is 11.5 Å². The molecule has 1 atom stereocenters. The Labute approximate surface area is 93.0 Å². The van der Waals surface area contributed by atoms with Crippen LogP contribution in [0.1, 0.15) is 19.4 Å². The van der Waals surface area contributed by atoms with E-state index in [4.69, 9.17) is 15.7 Å². The van der Waals surface area contributed by atoms with Crippen LogP contribution in [0.25, 0.3) is 0 Å². The molecular weight excluding hydrogens is 212 g/mol. The first-order valence-corrected chi connectivity index (χ1v) is 5.45. The van der Waals surface area contributed by atoms with E-state index in [9.17, 15) is 0 Å². The Hall–Kier alpha value is -1.32. The van der Waals surface area contributed by atoms with Gasteiger partial charge in [-0.1, -0.05) is 0 Å². The zero-order valence-electron chi connectivity index (χ0n) is 8.78. The third-order valence-corrected chi connectivity index (χ3v) is 2.57. The molecule has 0 amide bonds. The molecule has 5 nitrogen and oxygen atoms in total. The smallest absolute Gasteiger partial charge is 0.157 e. The van der Waals surface area contributed by atoms with Crippen molar-refractivity contribution >= 4 is 22.4 Å². The molecule has 0 aliphatic rings. The second kappa shape index (κ2) is 5.53. The van der Waals surface area contributed by atoms with Gasteiger partial charge in [0, 0.05) is 12.6 Å². The average molecular weight is 226 g/mol. The normalized spacial score (nSPS) is 12.1. The molecule has 0 aromatic carbocycles. The second-order valence-electron chi connectivity index (χ2n) is 3.09. The molecule has 0 aliphatic heterocycles. The van der Waals surface area contributed by atoms with Gasteiger partial charge in [-0.05, 0) is 25.4 Å². The van der Waals surface area contributed by atoms with Crippen molar-refractivity contribution in [2.45, 2.75) is 19.9 Å². The van der Waals surface area contributed by atoms with Crippen molar-refractivity contribution in [3.63, 3.8) is 0 Å². The third kappa shape index (κ3) is 3.08. The van der Waals surface area contributed by atoms with E-state index in [-0.39, 0.29) is 11.9 Å². The molecule has 0 saturated carbocycles. The lowest BCUT2D eigenvalue weighted by Crippen LogP contribution is -2.21. The van der Waals surface area contributed by atoms with Crippen LogP contribution in [0.5, 0.6) is 0 Å². The first-order valence-electron chi connectivity index (χ1n) is 4.68. The number of nitrogens with two attached hydrogens (primary N) is 1. The summed E-state index contributed by atoms with van der Waals surface area (Å²) >= 11 is 1.20. The summed E-state index contributed by atoms with van der Waals surface area (Å²) in [6, 6.07) is 2.16. The Morgan fingerprint density at radius 2 is 2.47 bits per heavy atom. The van der Waals surface area contributed by atoms with Gasteiger partial charge in [-0.15, -0.1) is 0 Å². The van der Waals surface area contributed by atoms with Crippen LogP contribution < -0.4 is 11.1 Å². The van der Waals surface area contributed by atoms with Crippen molar-refractivity contribution in [3.8, 4) is 6.07 Å². The molecule has 1 rings (SSSR count). The molecule has 0 spiro atoms. The van der Waals surface area contributed by atoms with Crippen LogP contribution in [0.4, 0.5) is 10.8 Å². The minimum absolute atomic E-state index is 0.136. The molecule has 0 bridgehead atoms. The van der Waals surface area contributed by atoms with Gasteiger partial charge in [0.2, 0.25) is 0 Å². The number of nitrogens with zero attached hydrogens (tertiary/aromatic N) is 2. The van der Waals surface area contributed by atoms with Crippen molar-refractivity contribution in [2.75, 3.05) is 24.3 Å². The summed E-state index contributed by atoms with van der Waals surface area (Å²) in [6.07, 6.45) is 0. The Bertz CT molecular complexity index is 357. The number of ether oxygens (including phenoxy) is 1. The maximum absolute atomic E-state index is 8.84. The Morgan fingerprint density at radius 3 is 3.07 bits per heavy atom. The standard InChI is InChI=1S/C9H14N4OS/c1-3-14-5-6(2)12-9-7(4-10)8(11)13-15-9/h6,12H,3,5H2,1-2H3,(H2,11,13). The fourth-order valence-electron chi connectivity index (χ4n) is 1.07. The van der Waals surface area contributed by atoms with Gasteiger partial charge in [-0.3, -0.25) is 0 Å². The first-order chi connectivity index (χ1) is 7.19. The molecule has 0 aliphatic carbocycles. The summed E-state index contributed by atoms with van der Waals surface area (Å²) in [5.74, 6) is 0.286. The lowest BCUT2D eigenvalue weighted by molar-refractivity contribution is 0.141. The summed E-state index contributed by atoms with van der Waals surface area (Å²) in [5, 5.41) is 12.7.